The average molecular weight is 348 g/mol. The third kappa shape index (κ3) is 4.10. The number of nitrogens with one attached hydrogen (secondary N) is 1. The topological polar surface area (TPSA) is 75.5 Å². The Morgan fingerprint density at radius 1 is 1.21 bits per heavy atom. The van der Waals surface area contributed by atoms with Crippen molar-refractivity contribution in [3.8, 4) is 0 Å². The van der Waals surface area contributed by atoms with Crippen LogP contribution in [0.5, 0.6) is 0 Å². The van der Waals surface area contributed by atoms with Crippen LogP contribution in [-0.4, -0.2) is 36.4 Å². The van der Waals surface area contributed by atoms with E-state index in [0.29, 0.717) is 5.02 Å². The molecule has 126 valence electrons. The summed E-state index contributed by atoms with van der Waals surface area (Å²) >= 11 is 6.23. The van der Waals surface area contributed by atoms with Gasteiger partial charge in [0.2, 0.25) is 0 Å². The van der Waals surface area contributed by atoms with Crippen molar-refractivity contribution in [3.05, 3.63) is 74.8 Å². The van der Waals surface area contributed by atoms with E-state index in [0.717, 1.165) is 5.56 Å². The van der Waals surface area contributed by atoms with Gasteiger partial charge in [0.25, 0.3) is 11.6 Å². The van der Waals surface area contributed by atoms with Crippen LogP contribution in [0.15, 0.2) is 48.5 Å². The highest BCUT2D eigenvalue weighted by Crippen LogP contribution is 2.25. The lowest BCUT2D eigenvalue weighted by atomic mass is 10.1. The van der Waals surface area contributed by atoms with Crippen LogP contribution in [0, 0.1) is 10.1 Å². The van der Waals surface area contributed by atoms with E-state index < -0.39 is 10.8 Å². The van der Waals surface area contributed by atoms with Gasteiger partial charge in [-0.15, -0.1) is 0 Å². The number of likely N-dealkylation sites (N-methyl/N-ethyl adjacent to an activating group) is 1. The molecule has 0 spiro atoms. The number of carbonyl (C=O) groups excluding carboxylic acids is 1. The maximum atomic E-state index is 12.3. The number of rotatable bonds is 6. The van der Waals surface area contributed by atoms with Crippen LogP contribution < -0.4 is 5.32 Å². The van der Waals surface area contributed by atoms with E-state index in [1.54, 1.807) is 12.1 Å². The highest BCUT2D eigenvalue weighted by molar-refractivity contribution is 6.31. The van der Waals surface area contributed by atoms with Gasteiger partial charge in [0.05, 0.1) is 11.0 Å². The van der Waals surface area contributed by atoms with E-state index in [1.165, 1.54) is 18.2 Å². The maximum Gasteiger partial charge on any atom is 0.282 e. The van der Waals surface area contributed by atoms with Crippen molar-refractivity contribution in [2.45, 2.75) is 6.04 Å². The smallest absolute Gasteiger partial charge is 0.282 e. The zero-order valence-corrected chi connectivity index (χ0v) is 14.2. The molecule has 0 aromatic heterocycles. The first kappa shape index (κ1) is 17.9. The van der Waals surface area contributed by atoms with Crippen molar-refractivity contribution in [3.63, 3.8) is 0 Å². The van der Waals surface area contributed by atoms with Crippen molar-refractivity contribution in [1.29, 1.82) is 0 Å². The second-order valence-corrected chi connectivity index (χ2v) is 5.89. The first-order chi connectivity index (χ1) is 11.4. The summed E-state index contributed by atoms with van der Waals surface area (Å²) in [6.07, 6.45) is 0. The molecule has 7 heteroatoms. The Labute approximate surface area is 145 Å². The van der Waals surface area contributed by atoms with Crippen LogP contribution in [-0.2, 0) is 0 Å². The molecule has 0 radical (unpaired) electrons. The number of para-hydroxylation sites is 1. The molecule has 0 fully saturated rings. The molecule has 0 aliphatic heterocycles. The normalized spacial score (nSPS) is 12.0. The Balaban J connectivity index is 2.18. The molecule has 1 amide bonds. The monoisotopic (exact) mass is 347 g/mol. The number of nitro benzene ring substituents is 1. The third-order valence-electron chi connectivity index (χ3n) is 3.69. The van der Waals surface area contributed by atoms with Gasteiger partial charge in [0.1, 0.15) is 5.56 Å². The van der Waals surface area contributed by atoms with Crippen LogP contribution in [0.25, 0.3) is 0 Å². The van der Waals surface area contributed by atoms with Crippen molar-refractivity contribution in [2.75, 3.05) is 20.6 Å². The second kappa shape index (κ2) is 7.90. The molecular formula is C17H18ClN3O3. The number of carbonyl (C=O) groups is 1. The third-order valence-corrected chi connectivity index (χ3v) is 4.03. The van der Waals surface area contributed by atoms with E-state index in [9.17, 15) is 14.9 Å². The van der Waals surface area contributed by atoms with E-state index in [4.69, 9.17) is 11.6 Å². The molecule has 6 nitrogen and oxygen atoms in total. The molecule has 0 aliphatic rings. The molecule has 2 aromatic carbocycles. The Bertz CT molecular complexity index is 749. The van der Waals surface area contributed by atoms with E-state index in [1.807, 2.05) is 37.2 Å². The maximum absolute atomic E-state index is 12.3. The standard InChI is InChI=1S/C17H18ClN3O3/c1-20(2)16(12-7-3-5-9-14(12)18)11-19-17(22)13-8-4-6-10-15(13)21(23)24/h3-10,16H,11H2,1-2H3,(H,19,22). The number of nitrogens with zero attached hydrogens (tertiary/aromatic N) is 2. The minimum absolute atomic E-state index is 0.0409. The van der Waals surface area contributed by atoms with Crippen molar-refractivity contribution >= 4 is 23.2 Å². The molecule has 0 saturated carbocycles. The lowest BCUT2D eigenvalue weighted by Gasteiger charge is -2.26. The quantitative estimate of drug-likeness (QED) is 0.642. The van der Waals surface area contributed by atoms with Gasteiger partial charge < -0.3 is 10.2 Å². The fraction of sp³-hybridized carbons (Fsp3) is 0.235. The van der Waals surface area contributed by atoms with Gasteiger partial charge in [0, 0.05) is 17.6 Å². The van der Waals surface area contributed by atoms with E-state index in [2.05, 4.69) is 5.32 Å². The molecule has 1 atom stereocenters. The van der Waals surface area contributed by atoms with Crippen LogP contribution in [0.4, 0.5) is 5.69 Å². The predicted octanol–water partition coefficient (Wildman–Crippen LogP) is 3.28. The predicted molar refractivity (Wildman–Crippen MR) is 93.3 cm³/mol. The number of amides is 1. The first-order valence-electron chi connectivity index (χ1n) is 7.34. The highest BCUT2D eigenvalue weighted by Gasteiger charge is 2.22. The zero-order valence-electron chi connectivity index (χ0n) is 13.4. The SMILES string of the molecule is CN(C)C(CNC(=O)c1ccccc1[N+](=O)[O-])c1ccccc1Cl. The summed E-state index contributed by atoms with van der Waals surface area (Å²) < 4.78 is 0. The minimum Gasteiger partial charge on any atom is -0.350 e. The van der Waals surface area contributed by atoms with Crippen LogP contribution in [0.2, 0.25) is 5.02 Å². The molecule has 0 saturated heterocycles. The molecule has 24 heavy (non-hydrogen) atoms. The lowest BCUT2D eigenvalue weighted by Crippen LogP contribution is -2.35. The lowest BCUT2D eigenvalue weighted by molar-refractivity contribution is -0.385. The number of halogens is 1. The van der Waals surface area contributed by atoms with Gasteiger partial charge in [-0.3, -0.25) is 14.9 Å². The average Bonchev–Trinajstić information content (AvgIpc) is 2.56. The Kier molecular flexibility index (Phi) is 5.89. The summed E-state index contributed by atoms with van der Waals surface area (Å²) in [5.41, 5.74) is 0.709. The van der Waals surface area contributed by atoms with Crippen LogP contribution in [0.1, 0.15) is 22.0 Å². The summed E-state index contributed by atoms with van der Waals surface area (Å²) in [5, 5.41) is 14.4. The molecule has 1 N–H and O–H groups in total. The van der Waals surface area contributed by atoms with E-state index in [-0.39, 0.29) is 23.8 Å². The van der Waals surface area contributed by atoms with Gasteiger partial charge in [0.15, 0.2) is 0 Å². The number of hydrogen-bond acceptors (Lipinski definition) is 4. The number of benzene rings is 2. The van der Waals surface area contributed by atoms with Crippen molar-refractivity contribution in [1.82, 2.24) is 10.2 Å². The van der Waals surface area contributed by atoms with Gasteiger partial charge in [-0.2, -0.15) is 0 Å². The Morgan fingerprint density at radius 2 is 1.83 bits per heavy atom. The molecule has 2 aromatic rings. The molecular weight excluding hydrogens is 330 g/mol. The molecule has 0 aliphatic carbocycles. The molecule has 1 unspecified atom stereocenters. The Morgan fingerprint density at radius 3 is 2.46 bits per heavy atom. The van der Waals surface area contributed by atoms with Gasteiger partial charge in [-0.05, 0) is 31.8 Å². The number of nitro groups is 1. The van der Waals surface area contributed by atoms with Gasteiger partial charge >= 0.3 is 0 Å². The largest absolute Gasteiger partial charge is 0.350 e. The number of hydrogen-bond donors (Lipinski definition) is 1. The summed E-state index contributed by atoms with van der Waals surface area (Å²) in [7, 11) is 3.76. The summed E-state index contributed by atoms with van der Waals surface area (Å²) in [6.45, 7) is 0.279. The van der Waals surface area contributed by atoms with Crippen LogP contribution in [0.3, 0.4) is 0 Å². The molecule has 0 bridgehead atoms. The second-order valence-electron chi connectivity index (χ2n) is 5.49. The van der Waals surface area contributed by atoms with Gasteiger partial charge in [-0.1, -0.05) is 41.9 Å². The first-order valence-corrected chi connectivity index (χ1v) is 7.72. The summed E-state index contributed by atoms with van der Waals surface area (Å²) in [5.74, 6) is -0.485. The van der Waals surface area contributed by atoms with Crippen molar-refractivity contribution < 1.29 is 9.72 Å². The minimum atomic E-state index is -0.563. The zero-order chi connectivity index (χ0) is 17.7. The van der Waals surface area contributed by atoms with E-state index >= 15 is 0 Å². The molecule has 0 heterocycles. The Hall–Kier alpha value is -2.44. The fourth-order valence-electron chi connectivity index (χ4n) is 2.43. The summed E-state index contributed by atoms with van der Waals surface area (Å²) in [6, 6.07) is 13.1. The molecule has 2 rings (SSSR count). The van der Waals surface area contributed by atoms with Gasteiger partial charge in [-0.25, -0.2) is 0 Å². The summed E-state index contributed by atoms with van der Waals surface area (Å²) in [4.78, 5) is 24.8. The van der Waals surface area contributed by atoms with Crippen molar-refractivity contribution in [2.24, 2.45) is 0 Å². The fourth-order valence-corrected chi connectivity index (χ4v) is 2.69. The van der Waals surface area contributed by atoms with Crippen LogP contribution >= 0.6 is 11.6 Å². The highest BCUT2D eigenvalue weighted by atomic mass is 35.5.